The molecule has 1 atom stereocenters. The molecule has 1 rings (SSSR count). The third kappa shape index (κ3) is 5.98. The van der Waals surface area contributed by atoms with Crippen molar-refractivity contribution < 1.29 is 8.42 Å². The Morgan fingerprint density at radius 3 is 2.65 bits per heavy atom. The maximum absolute atomic E-state index is 11.6. The van der Waals surface area contributed by atoms with E-state index in [2.05, 4.69) is 21.9 Å². The van der Waals surface area contributed by atoms with Crippen molar-refractivity contribution in [2.75, 3.05) is 12.3 Å². The molecule has 5 nitrogen and oxygen atoms in total. The van der Waals surface area contributed by atoms with Gasteiger partial charge >= 0.3 is 0 Å². The highest BCUT2D eigenvalue weighted by atomic mass is 32.2. The van der Waals surface area contributed by atoms with Crippen molar-refractivity contribution >= 4 is 10.0 Å². The van der Waals surface area contributed by atoms with Gasteiger partial charge in [-0.15, -0.1) is 0 Å². The van der Waals surface area contributed by atoms with Crippen molar-refractivity contribution in [3.63, 3.8) is 0 Å². The van der Waals surface area contributed by atoms with Gasteiger partial charge in [0.05, 0.1) is 5.75 Å². The van der Waals surface area contributed by atoms with Crippen LogP contribution in [-0.2, 0) is 16.6 Å². The molecule has 0 aromatic carbocycles. The van der Waals surface area contributed by atoms with E-state index in [-0.39, 0.29) is 11.8 Å². The fourth-order valence-electron chi connectivity index (χ4n) is 1.86. The highest BCUT2D eigenvalue weighted by Gasteiger charge is 2.10. The molecule has 0 bridgehead atoms. The highest BCUT2D eigenvalue weighted by molar-refractivity contribution is 7.89. The molecule has 0 unspecified atom stereocenters. The van der Waals surface area contributed by atoms with Crippen LogP contribution >= 0.6 is 0 Å². The summed E-state index contributed by atoms with van der Waals surface area (Å²) < 4.78 is 25.7. The number of sulfonamides is 1. The summed E-state index contributed by atoms with van der Waals surface area (Å²) in [5.74, 6) is 0.181. The summed E-state index contributed by atoms with van der Waals surface area (Å²) >= 11 is 0. The zero-order valence-electron chi connectivity index (χ0n) is 12.7. The monoisotopic (exact) mass is 299 g/mol. The molecule has 0 saturated carbocycles. The van der Waals surface area contributed by atoms with Crippen molar-refractivity contribution in [3.8, 4) is 0 Å². The summed E-state index contributed by atoms with van der Waals surface area (Å²) in [4.78, 5) is 4.28. The Bertz CT molecular complexity index is 529. The number of aryl methyl sites for hydroxylation is 2. The van der Waals surface area contributed by atoms with E-state index in [0.29, 0.717) is 19.5 Å². The number of nitrogens with zero attached hydrogens (tertiary/aromatic N) is 1. The minimum absolute atomic E-state index is 0.0716. The van der Waals surface area contributed by atoms with Crippen LogP contribution in [0.5, 0.6) is 0 Å². The molecular formula is C14H25N3O2S. The average Bonchev–Trinajstić information content (AvgIpc) is 2.35. The first-order chi connectivity index (χ1) is 9.34. The molecule has 1 aromatic heterocycles. The lowest BCUT2D eigenvalue weighted by molar-refractivity contribution is 0.523. The zero-order valence-corrected chi connectivity index (χ0v) is 13.5. The molecule has 0 spiro atoms. The smallest absolute Gasteiger partial charge is 0.211 e. The summed E-state index contributed by atoms with van der Waals surface area (Å²) in [7, 11) is -3.13. The molecule has 0 aliphatic carbocycles. The summed E-state index contributed by atoms with van der Waals surface area (Å²) in [6, 6.07) is 2.12. The number of hydrogen-bond donors (Lipinski definition) is 2. The van der Waals surface area contributed by atoms with E-state index < -0.39 is 10.0 Å². The van der Waals surface area contributed by atoms with E-state index in [1.807, 2.05) is 33.0 Å². The second-order valence-corrected chi connectivity index (χ2v) is 7.13. The SMILES string of the molecule is CCCS(=O)(=O)NC[C@H](C)NCc1cnc(C)cc1C. The summed E-state index contributed by atoms with van der Waals surface area (Å²) in [6.07, 6.45) is 2.50. The molecule has 114 valence electrons. The summed E-state index contributed by atoms with van der Waals surface area (Å²) in [5.41, 5.74) is 3.34. The van der Waals surface area contributed by atoms with Gasteiger partial charge in [0.1, 0.15) is 0 Å². The Morgan fingerprint density at radius 2 is 2.05 bits per heavy atom. The molecule has 0 aliphatic rings. The minimum atomic E-state index is -3.13. The lowest BCUT2D eigenvalue weighted by Gasteiger charge is -2.15. The first-order valence-corrected chi connectivity index (χ1v) is 8.62. The standard InChI is InChI=1S/C14H25N3O2S/c1-5-6-20(18,19)17-8-13(4)16-10-14-9-15-12(3)7-11(14)2/h7,9,13,16-17H,5-6,8,10H2,1-4H3/t13-/m0/s1. The maximum Gasteiger partial charge on any atom is 0.211 e. The topological polar surface area (TPSA) is 71.1 Å². The van der Waals surface area contributed by atoms with Gasteiger partial charge in [0.2, 0.25) is 10.0 Å². The summed E-state index contributed by atoms with van der Waals surface area (Å²) in [6.45, 7) is 8.94. The highest BCUT2D eigenvalue weighted by Crippen LogP contribution is 2.07. The molecule has 6 heteroatoms. The van der Waals surface area contributed by atoms with Crippen LogP contribution in [0.15, 0.2) is 12.3 Å². The van der Waals surface area contributed by atoms with E-state index >= 15 is 0 Å². The molecule has 20 heavy (non-hydrogen) atoms. The zero-order chi connectivity index (χ0) is 15.2. The van der Waals surface area contributed by atoms with Crippen LogP contribution in [0, 0.1) is 13.8 Å². The van der Waals surface area contributed by atoms with Gasteiger partial charge in [-0.1, -0.05) is 6.92 Å². The molecule has 0 fully saturated rings. The van der Waals surface area contributed by atoms with Gasteiger partial charge in [-0.3, -0.25) is 4.98 Å². The average molecular weight is 299 g/mol. The molecular weight excluding hydrogens is 274 g/mol. The van der Waals surface area contributed by atoms with Gasteiger partial charge in [0.25, 0.3) is 0 Å². The normalized spacial score (nSPS) is 13.4. The van der Waals surface area contributed by atoms with Gasteiger partial charge < -0.3 is 5.32 Å². The number of rotatable bonds is 8. The largest absolute Gasteiger partial charge is 0.309 e. The second-order valence-electron chi connectivity index (χ2n) is 5.20. The van der Waals surface area contributed by atoms with Crippen molar-refractivity contribution in [1.29, 1.82) is 0 Å². The Kier molecular flexibility index (Phi) is 6.58. The second kappa shape index (κ2) is 7.71. The molecule has 0 saturated heterocycles. The van der Waals surface area contributed by atoms with Gasteiger partial charge in [0, 0.05) is 31.0 Å². The van der Waals surface area contributed by atoms with Crippen molar-refractivity contribution in [2.45, 2.75) is 46.7 Å². The van der Waals surface area contributed by atoms with Crippen molar-refractivity contribution in [1.82, 2.24) is 15.0 Å². The van der Waals surface area contributed by atoms with E-state index in [9.17, 15) is 8.42 Å². The third-order valence-electron chi connectivity index (χ3n) is 3.08. The first kappa shape index (κ1) is 17.1. The van der Waals surface area contributed by atoms with E-state index in [0.717, 1.165) is 11.3 Å². The van der Waals surface area contributed by atoms with Gasteiger partial charge in [-0.05, 0) is 44.4 Å². The maximum atomic E-state index is 11.6. The molecule has 0 radical (unpaired) electrons. The molecule has 1 aromatic rings. The molecule has 0 amide bonds. The van der Waals surface area contributed by atoms with Crippen LogP contribution in [0.3, 0.4) is 0 Å². The van der Waals surface area contributed by atoms with Gasteiger partial charge in [0.15, 0.2) is 0 Å². The first-order valence-electron chi connectivity index (χ1n) is 6.97. The van der Waals surface area contributed by atoms with Crippen LogP contribution in [0.25, 0.3) is 0 Å². The Labute approximate surface area is 122 Å². The van der Waals surface area contributed by atoms with E-state index in [1.54, 1.807) is 0 Å². The van der Waals surface area contributed by atoms with Crippen LogP contribution in [0.2, 0.25) is 0 Å². The Morgan fingerprint density at radius 1 is 1.35 bits per heavy atom. The molecule has 0 aliphatic heterocycles. The van der Waals surface area contributed by atoms with Crippen LogP contribution in [-0.4, -0.2) is 31.7 Å². The lowest BCUT2D eigenvalue weighted by Crippen LogP contribution is -2.39. The Balaban J connectivity index is 2.42. The number of nitrogens with one attached hydrogen (secondary N) is 2. The van der Waals surface area contributed by atoms with E-state index in [1.165, 1.54) is 5.56 Å². The van der Waals surface area contributed by atoms with Crippen molar-refractivity contribution in [3.05, 3.63) is 29.1 Å². The fraction of sp³-hybridized carbons (Fsp3) is 0.643. The van der Waals surface area contributed by atoms with Gasteiger partial charge in [-0.25, -0.2) is 13.1 Å². The quantitative estimate of drug-likeness (QED) is 0.763. The minimum Gasteiger partial charge on any atom is -0.309 e. The fourth-order valence-corrected chi connectivity index (χ4v) is 3.04. The Hall–Kier alpha value is -0.980. The predicted octanol–water partition coefficient (Wildman–Crippen LogP) is 1.51. The summed E-state index contributed by atoms with van der Waals surface area (Å²) in [5, 5.41) is 3.31. The predicted molar refractivity (Wildman–Crippen MR) is 82.1 cm³/mol. The van der Waals surface area contributed by atoms with Crippen LogP contribution in [0.4, 0.5) is 0 Å². The van der Waals surface area contributed by atoms with Crippen LogP contribution < -0.4 is 10.0 Å². The number of hydrogen-bond acceptors (Lipinski definition) is 4. The molecule has 2 N–H and O–H groups in total. The van der Waals surface area contributed by atoms with E-state index in [4.69, 9.17) is 0 Å². The number of pyridine rings is 1. The lowest BCUT2D eigenvalue weighted by atomic mass is 10.1. The van der Waals surface area contributed by atoms with Crippen LogP contribution in [0.1, 0.15) is 37.1 Å². The van der Waals surface area contributed by atoms with Gasteiger partial charge in [-0.2, -0.15) is 0 Å². The number of aromatic nitrogens is 1. The van der Waals surface area contributed by atoms with Crippen molar-refractivity contribution in [2.24, 2.45) is 0 Å². The molecule has 1 heterocycles. The third-order valence-corrected chi connectivity index (χ3v) is 4.63.